The Morgan fingerprint density at radius 1 is 1.26 bits per heavy atom. The van der Waals surface area contributed by atoms with Gasteiger partial charge >= 0.3 is 5.56 Å². The van der Waals surface area contributed by atoms with Crippen molar-refractivity contribution in [1.29, 1.82) is 0 Å². The van der Waals surface area contributed by atoms with Gasteiger partial charge in [-0.05, 0) is 17.7 Å². The van der Waals surface area contributed by atoms with Gasteiger partial charge in [-0.15, -0.1) is 9.89 Å². The first-order chi connectivity index (χ1) is 11.1. The monoisotopic (exact) mass is 378 g/mol. The minimum atomic E-state index is -0.554. The molecule has 23 heavy (non-hydrogen) atoms. The van der Waals surface area contributed by atoms with Gasteiger partial charge in [0.05, 0.1) is 6.21 Å². The summed E-state index contributed by atoms with van der Waals surface area (Å²) >= 11 is 3.35. The number of carbonyl (C=O) groups excluding carboxylic acids is 1. The van der Waals surface area contributed by atoms with Crippen LogP contribution in [-0.4, -0.2) is 58.3 Å². The maximum absolute atomic E-state index is 12.3. The highest BCUT2D eigenvalue weighted by atomic mass is 79.9. The number of piperazine rings is 1. The van der Waals surface area contributed by atoms with Crippen LogP contribution >= 0.6 is 15.9 Å². The molecule has 0 aliphatic carbocycles. The Kier molecular flexibility index (Phi) is 4.68. The van der Waals surface area contributed by atoms with Gasteiger partial charge in [0.15, 0.2) is 0 Å². The number of aromatic amines is 1. The van der Waals surface area contributed by atoms with Crippen molar-refractivity contribution in [3.63, 3.8) is 0 Å². The van der Waals surface area contributed by atoms with Gasteiger partial charge < -0.3 is 10.2 Å². The average molecular weight is 379 g/mol. The molecule has 120 valence electrons. The summed E-state index contributed by atoms with van der Waals surface area (Å²) in [5, 5.41) is 13.4. The van der Waals surface area contributed by atoms with Crippen LogP contribution in [0, 0.1) is 0 Å². The molecule has 1 amide bonds. The molecule has 1 aliphatic rings. The van der Waals surface area contributed by atoms with Gasteiger partial charge in [-0.3, -0.25) is 9.59 Å². The Labute approximate surface area is 140 Å². The van der Waals surface area contributed by atoms with Gasteiger partial charge in [0.2, 0.25) is 5.69 Å². The van der Waals surface area contributed by atoms with Crippen LogP contribution in [0.5, 0.6) is 0 Å². The van der Waals surface area contributed by atoms with E-state index in [1.807, 2.05) is 24.3 Å². The molecule has 0 unspecified atom stereocenters. The summed E-state index contributed by atoms with van der Waals surface area (Å²) < 4.78 is 0.956. The zero-order valence-corrected chi connectivity index (χ0v) is 13.8. The molecule has 1 fully saturated rings. The zero-order chi connectivity index (χ0) is 16.2. The smallest absolute Gasteiger partial charge is 0.320 e. The van der Waals surface area contributed by atoms with E-state index in [1.165, 1.54) is 6.21 Å². The number of amides is 1. The van der Waals surface area contributed by atoms with Crippen molar-refractivity contribution in [3.8, 4) is 0 Å². The Morgan fingerprint density at radius 3 is 2.65 bits per heavy atom. The third kappa shape index (κ3) is 3.57. The van der Waals surface area contributed by atoms with Gasteiger partial charge in [0.25, 0.3) is 5.91 Å². The second kappa shape index (κ2) is 6.88. The molecule has 0 saturated carbocycles. The Balaban J connectivity index is 1.77. The highest BCUT2D eigenvalue weighted by Crippen LogP contribution is 2.09. The highest BCUT2D eigenvalue weighted by Gasteiger charge is 2.24. The van der Waals surface area contributed by atoms with E-state index in [0.717, 1.165) is 14.8 Å². The summed E-state index contributed by atoms with van der Waals surface area (Å²) in [7, 11) is 0. The highest BCUT2D eigenvalue weighted by molar-refractivity contribution is 9.10. The maximum atomic E-state index is 12.3. The molecular weight excluding hydrogens is 364 g/mol. The molecule has 2 N–H and O–H groups in total. The predicted octanol–water partition coefficient (Wildman–Crippen LogP) is 0.261. The minimum Gasteiger partial charge on any atom is -0.335 e. The van der Waals surface area contributed by atoms with E-state index in [9.17, 15) is 9.59 Å². The Bertz CT molecular complexity index is 773. The minimum absolute atomic E-state index is 0.139. The van der Waals surface area contributed by atoms with Crippen molar-refractivity contribution in [3.05, 3.63) is 50.3 Å². The lowest BCUT2D eigenvalue weighted by atomic mass is 10.2. The quantitative estimate of drug-likeness (QED) is 0.748. The standard InChI is InChI=1S/C14H15BrN6O2/c15-11-3-1-10(2-4-11)9-17-21-14(23)12(18-19-21)13(22)20-7-5-16-6-8-20/h1-4,9,16,19H,5-8H2. The van der Waals surface area contributed by atoms with Gasteiger partial charge in [-0.25, -0.2) is 0 Å². The SMILES string of the molecule is O=C(c1n[nH]n(N=Cc2ccc(Br)cc2)c1=O)N1CCNCC1. The van der Waals surface area contributed by atoms with Crippen LogP contribution in [0.4, 0.5) is 0 Å². The molecule has 0 bridgehead atoms. The predicted molar refractivity (Wildman–Crippen MR) is 88.8 cm³/mol. The number of halogens is 1. The van der Waals surface area contributed by atoms with E-state index in [0.29, 0.717) is 26.2 Å². The number of hydrogen-bond donors (Lipinski definition) is 2. The molecule has 3 rings (SSSR count). The second-order valence-corrected chi connectivity index (χ2v) is 5.93. The van der Waals surface area contributed by atoms with Crippen LogP contribution in [0.3, 0.4) is 0 Å². The number of rotatable bonds is 3. The summed E-state index contributed by atoms with van der Waals surface area (Å²) in [6, 6.07) is 7.44. The zero-order valence-electron chi connectivity index (χ0n) is 12.2. The van der Waals surface area contributed by atoms with Crippen molar-refractivity contribution in [2.45, 2.75) is 0 Å². The van der Waals surface area contributed by atoms with Gasteiger partial charge in [-0.2, -0.15) is 10.3 Å². The lowest BCUT2D eigenvalue weighted by Crippen LogP contribution is -2.47. The maximum Gasteiger partial charge on any atom is 0.320 e. The molecular formula is C14H15BrN6O2. The number of carbonyl (C=O) groups is 1. The first-order valence-corrected chi connectivity index (χ1v) is 7.92. The molecule has 2 aromatic rings. The van der Waals surface area contributed by atoms with Crippen LogP contribution in [-0.2, 0) is 0 Å². The van der Waals surface area contributed by atoms with E-state index in [1.54, 1.807) is 4.90 Å². The number of nitrogens with zero attached hydrogens (tertiary/aromatic N) is 4. The molecule has 1 aromatic carbocycles. The summed E-state index contributed by atoms with van der Waals surface area (Å²) in [6.45, 7) is 2.55. The normalized spacial score (nSPS) is 15.3. The number of hydrogen-bond acceptors (Lipinski definition) is 5. The molecule has 2 heterocycles. The van der Waals surface area contributed by atoms with Crippen molar-refractivity contribution in [1.82, 2.24) is 25.3 Å². The molecule has 0 radical (unpaired) electrons. The molecule has 9 heteroatoms. The molecule has 0 atom stereocenters. The van der Waals surface area contributed by atoms with Crippen LogP contribution in [0.15, 0.2) is 38.6 Å². The van der Waals surface area contributed by atoms with E-state index >= 15 is 0 Å². The molecule has 1 saturated heterocycles. The van der Waals surface area contributed by atoms with E-state index < -0.39 is 5.56 Å². The molecule has 1 aromatic heterocycles. The molecule has 1 aliphatic heterocycles. The van der Waals surface area contributed by atoms with E-state index in [-0.39, 0.29) is 11.6 Å². The third-order valence-corrected chi connectivity index (χ3v) is 3.98. The van der Waals surface area contributed by atoms with Gasteiger partial charge in [-0.1, -0.05) is 28.1 Å². The van der Waals surface area contributed by atoms with Crippen molar-refractivity contribution in [2.24, 2.45) is 5.10 Å². The van der Waals surface area contributed by atoms with Crippen LogP contribution in [0.2, 0.25) is 0 Å². The van der Waals surface area contributed by atoms with Crippen LogP contribution in [0.25, 0.3) is 0 Å². The lowest BCUT2D eigenvalue weighted by molar-refractivity contribution is 0.0728. The summed E-state index contributed by atoms with van der Waals surface area (Å²) in [5.74, 6) is -0.370. The topological polar surface area (TPSA) is 95.4 Å². The van der Waals surface area contributed by atoms with Gasteiger partial charge in [0.1, 0.15) is 0 Å². The Hall–Kier alpha value is -2.26. The van der Waals surface area contributed by atoms with Crippen molar-refractivity contribution >= 4 is 28.1 Å². The number of nitrogens with one attached hydrogen (secondary N) is 2. The number of benzene rings is 1. The summed E-state index contributed by atoms with van der Waals surface area (Å²) in [5.41, 5.74) is 0.131. The first-order valence-electron chi connectivity index (χ1n) is 7.12. The van der Waals surface area contributed by atoms with Crippen molar-refractivity contribution < 1.29 is 4.79 Å². The van der Waals surface area contributed by atoms with Gasteiger partial charge in [0, 0.05) is 30.7 Å². The van der Waals surface area contributed by atoms with E-state index in [2.05, 4.69) is 36.7 Å². The average Bonchev–Trinajstić information content (AvgIpc) is 2.95. The van der Waals surface area contributed by atoms with Crippen LogP contribution in [0.1, 0.15) is 16.1 Å². The lowest BCUT2D eigenvalue weighted by Gasteiger charge is -2.26. The van der Waals surface area contributed by atoms with Crippen LogP contribution < -0.4 is 10.9 Å². The fraction of sp³-hybridized carbons (Fsp3) is 0.286. The second-order valence-electron chi connectivity index (χ2n) is 5.02. The summed E-state index contributed by atoms with van der Waals surface area (Å²) in [4.78, 5) is 27.1. The molecule has 0 spiro atoms. The fourth-order valence-electron chi connectivity index (χ4n) is 2.20. The first kappa shape index (κ1) is 15.6. The Morgan fingerprint density at radius 2 is 1.96 bits per heavy atom. The van der Waals surface area contributed by atoms with Crippen molar-refractivity contribution in [2.75, 3.05) is 26.2 Å². The number of aromatic nitrogens is 3. The molecule has 8 nitrogen and oxygen atoms in total. The number of H-pyrrole nitrogens is 1. The largest absolute Gasteiger partial charge is 0.335 e. The van der Waals surface area contributed by atoms with E-state index in [4.69, 9.17) is 0 Å². The summed E-state index contributed by atoms with van der Waals surface area (Å²) in [6.07, 6.45) is 1.52. The fourth-order valence-corrected chi connectivity index (χ4v) is 2.46. The third-order valence-electron chi connectivity index (χ3n) is 3.45.